The summed E-state index contributed by atoms with van der Waals surface area (Å²) in [6.07, 6.45) is 8.55. The van der Waals surface area contributed by atoms with E-state index in [9.17, 15) is 0 Å². The summed E-state index contributed by atoms with van der Waals surface area (Å²) in [6.45, 7) is 0.889. The molecule has 0 N–H and O–H groups in total. The molecular formula is C11H15IN2O. The molecule has 1 aliphatic heterocycles. The molecule has 1 aromatic heterocycles. The average molecular weight is 318 g/mol. The zero-order chi connectivity index (χ0) is 10.3. The van der Waals surface area contributed by atoms with Gasteiger partial charge in [-0.2, -0.15) is 5.10 Å². The van der Waals surface area contributed by atoms with E-state index in [1.54, 1.807) is 0 Å². The molecule has 1 unspecified atom stereocenters. The minimum absolute atomic E-state index is 0.194. The number of rotatable bonds is 2. The lowest BCUT2D eigenvalue weighted by Crippen LogP contribution is -2.18. The molecule has 0 bridgehead atoms. The Balaban J connectivity index is 1.81. The minimum Gasteiger partial charge on any atom is -0.357 e. The zero-order valence-electron chi connectivity index (χ0n) is 8.66. The lowest BCUT2D eigenvalue weighted by molar-refractivity contribution is -0.0397. The van der Waals surface area contributed by atoms with Crippen LogP contribution in [0.15, 0.2) is 6.20 Å². The summed E-state index contributed by atoms with van der Waals surface area (Å²) in [4.78, 5) is 0. The largest absolute Gasteiger partial charge is 0.357 e. The molecule has 4 heteroatoms. The Morgan fingerprint density at radius 3 is 2.87 bits per heavy atom. The molecule has 1 aliphatic carbocycles. The maximum absolute atomic E-state index is 5.73. The van der Waals surface area contributed by atoms with E-state index in [1.807, 2.05) is 4.68 Å². The Morgan fingerprint density at radius 1 is 1.33 bits per heavy atom. The zero-order valence-corrected chi connectivity index (χ0v) is 10.8. The standard InChI is InChI=1S/C11H15IN2O/c12-9-7-14(10-3-1-2-6-15-10)13-11(9)8-4-5-8/h7-8,10H,1-6H2. The first kappa shape index (κ1) is 10.1. The van der Waals surface area contributed by atoms with Gasteiger partial charge in [-0.05, 0) is 54.7 Å². The van der Waals surface area contributed by atoms with Crippen molar-refractivity contribution in [3.63, 3.8) is 0 Å². The Morgan fingerprint density at radius 2 is 2.20 bits per heavy atom. The summed E-state index contributed by atoms with van der Waals surface area (Å²) in [5, 5.41) is 4.68. The van der Waals surface area contributed by atoms with Gasteiger partial charge in [-0.3, -0.25) is 0 Å². The summed E-state index contributed by atoms with van der Waals surface area (Å²) >= 11 is 2.39. The third kappa shape index (κ3) is 2.06. The highest BCUT2D eigenvalue weighted by atomic mass is 127. The Hall–Kier alpha value is -0.100. The van der Waals surface area contributed by atoms with Crippen LogP contribution in [0.3, 0.4) is 0 Å². The minimum atomic E-state index is 0.194. The Labute approximate surface area is 103 Å². The third-order valence-electron chi connectivity index (χ3n) is 3.13. The molecule has 1 saturated heterocycles. The monoisotopic (exact) mass is 318 g/mol. The van der Waals surface area contributed by atoms with E-state index >= 15 is 0 Å². The maximum atomic E-state index is 5.73. The highest BCUT2D eigenvalue weighted by Gasteiger charge is 2.29. The van der Waals surface area contributed by atoms with E-state index in [4.69, 9.17) is 4.74 Å². The van der Waals surface area contributed by atoms with E-state index < -0.39 is 0 Å². The van der Waals surface area contributed by atoms with Crippen LogP contribution in [0.4, 0.5) is 0 Å². The normalized spacial score (nSPS) is 26.9. The number of hydrogen-bond donors (Lipinski definition) is 0. The van der Waals surface area contributed by atoms with Crippen LogP contribution in [-0.2, 0) is 4.74 Å². The van der Waals surface area contributed by atoms with Crippen molar-refractivity contribution in [2.45, 2.75) is 44.2 Å². The molecule has 3 rings (SSSR count). The molecular weight excluding hydrogens is 303 g/mol. The number of hydrogen-bond acceptors (Lipinski definition) is 2. The van der Waals surface area contributed by atoms with Crippen molar-refractivity contribution in [3.05, 3.63) is 15.5 Å². The van der Waals surface area contributed by atoms with Gasteiger partial charge in [-0.1, -0.05) is 0 Å². The van der Waals surface area contributed by atoms with Gasteiger partial charge in [0.15, 0.2) is 0 Å². The van der Waals surface area contributed by atoms with Crippen molar-refractivity contribution < 1.29 is 4.74 Å². The second kappa shape index (κ2) is 4.05. The maximum Gasteiger partial charge on any atom is 0.150 e. The van der Waals surface area contributed by atoms with E-state index in [1.165, 1.54) is 34.9 Å². The molecule has 1 saturated carbocycles. The fourth-order valence-electron chi connectivity index (χ4n) is 2.10. The van der Waals surface area contributed by atoms with Gasteiger partial charge >= 0.3 is 0 Å². The third-order valence-corrected chi connectivity index (χ3v) is 3.96. The quantitative estimate of drug-likeness (QED) is 0.784. The van der Waals surface area contributed by atoms with Gasteiger partial charge in [0.1, 0.15) is 6.23 Å². The van der Waals surface area contributed by atoms with E-state index in [0.717, 1.165) is 18.9 Å². The van der Waals surface area contributed by atoms with Crippen molar-refractivity contribution in [1.29, 1.82) is 0 Å². The van der Waals surface area contributed by atoms with Crippen LogP contribution >= 0.6 is 22.6 Å². The van der Waals surface area contributed by atoms with Gasteiger partial charge in [0.25, 0.3) is 0 Å². The molecule has 1 atom stereocenters. The van der Waals surface area contributed by atoms with Crippen LogP contribution in [0.2, 0.25) is 0 Å². The van der Waals surface area contributed by atoms with E-state index in [-0.39, 0.29) is 6.23 Å². The summed E-state index contributed by atoms with van der Waals surface area (Å²) in [6, 6.07) is 0. The van der Waals surface area contributed by atoms with Crippen LogP contribution in [0, 0.1) is 3.57 Å². The number of aromatic nitrogens is 2. The first-order chi connectivity index (χ1) is 7.34. The second-order valence-electron chi connectivity index (χ2n) is 4.44. The van der Waals surface area contributed by atoms with E-state index in [0.29, 0.717) is 0 Å². The summed E-state index contributed by atoms with van der Waals surface area (Å²) in [5.41, 5.74) is 1.30. The molecule has 2 aliphatic rings. The van der Waals surface area contributed by atoms with Crippen molar-refractivity contribution in [2.75, 3.05) is 6.61 Å². The lowest BCUT2D eigenvalue weighted by atomic mass is 10.2. The number of ether oxygens (including phenoxy) is 1. The molecule has 2 heterocycles. The lowest BCUT2D eigenvalue weighted by Gasteiger charge is -2.22. The molecule has 15 heavy (non-hydrogen) atoms. The van der Waals surface area contributed by atoms with Gasteiger partial charge in [0.05, 0.1) is 9.26 Å². The van der Waals surface area contributed by atoms with Gasteiger partial charge in [-0.25, -0.2) is 4.68 Å². The van der Waals surface area contributed by atoms with Crippen molar-refractivity contribution in [1.82, 2.24) is 9.78 Å². The number of nitrogens with zero attached hydrogens (tertiary/aromatic N) is 2. The summed E-state index contributed by atoms with van der Waals surface area (Å²) in [5.74, 6) is 0.738. The van der Waals surface area contributed by atoms with Gasteiger partial charge in [0, 0.05) is 18.7 Å². The highest BCUT2D eigenvalue weighted by Crippen LogP contribution is 2.41. The first-order valence-corrected chi connectivity index (χ1v) is 6.78. The topological polar surface area (TPSA) is 27.1 Å². The Kier molecular flexibility index (Phi) is 2.72. The molecule has 2 fully saturated rings. The van der Waals surface area contributed by atoms with Crippen LogP contribution in [-0.4, -0.2) is 16.4 Å². The second-order valence-corrected chi connectivity index (χ2v) is 5.60. The van der Waals surface area contributed by atoms with Crippen LogP contribution in [0.25, 0.3) is 0 Å². The predicted molar refractivity (Wildman–Crippen MR) is 65.8 cm³/mol. The molecule has 0 aromatic carbocycles. The molecule has 0 amide bonds. The van der Waals surface area contributed by atoms with E-state index in [2.05, 4.69) is 33.9 Å². The highest BCUT2D eigenvalue weighted by molar-refractivity contribution is 14.1. The van der Waals surface area contributed by atoms with Crippen LogP contribution in [0.5, 0.6) is 0 Å². The van der Waals surface area contributed by atoms with Gasteiger partial charge in [0.2, 0.25) is 0 Å². The van der Waals surface area contributed by atoms with Gasteiger partial charge in [-0.15, -0.1) is 0 Å². The van der Waals surface area contributed by atoms with Crippen molar-refractivity contribution in [3.8, 4) is 0 Å². The SMILES string of the molecule is Ic1cn(C2CCCCO2)nc1C1CC1. The fraction of sp³-hybridized carbons (Fsp3) is 0.727. The Bertz CT molecular complexity index is 353. The molecule has 0 radical (unpaired) electrons. The molecule has 0 spiro atoms. The molecule has 1 aromatic rings. The van der Waals surface area contributed by atoms with Crippen LogP contribution in [0.1, 0.15) is 49.9 Å². The van der Waals surface area contributed by atoms with Crippen molar-refractivity contribution >= 4 is 22.6 Å². The van der Waals surface area contributed by atoms with Crippen molar-refractivity contribution in [2.24, 2.45) is 0 Å². The van der Waals surface area contributed by atoms with Gasteiger partial charge < -0.3 is 4.74 Å². The molecule has 3 nitrogen and oxygen atoms in total. The first-order valence-electron chi connectivity index (χ1n) is 5.71. The fourth-order valence-corrected chi connectivity index (χ4v) is 2.93. The average Bonchev–Trinajstić information content (AvgIpc) is 3.04. The predicted octanol–water partition coefficient (Wildman–Crippen LogP) is 3.06. The smallest absolute Gasteiger partial charge is 0.150 e. The summed E-state index contributed by atoms with van der Waals surface area (Å²) < 4.78 is 9.08. The summed E-state index contributed by atoms with van der Waals surface area (Å²) in [7, 11) is 0. The molecule has 82 valence electrons. The number of halogens is 1. The van der Waals surface area contributed by atoms with Crippen LogP contribution < -0.4 is 0 Å².